The van der Waals surface area contributed by atoms with Crippen LogP contribution in [-0.4, -0.2) is 44.5 Å². The Morgan fingerprint density at radius 1 is 1.31 bits per heavy atom. The van der Waals surface area contributed by atoms with Crippen molar-refractivity contribution in [3.05, 3.63) is 34.9 Å². The maximum Gasteiger partial charge on any atom is 0.230 e. The van der Waals surface area contributed by atoms with E-state index in [1.54, 1.807) is 11.9 Å². The first-order valence-electron chi connectivity index (χ1n) is 8.83. The van der Waals surface area contributed by atoms with Crippen molar-refractivity contribution in [3.8, 4) is 0 Å². The van der Waals surface area contributed by atoms with E-state index < -0.39 is 0 Å². The van der Waals surface area contributed by atoms with Gasteiger partial charge in [-0.3, -0.25) is 9.79 Å². The molecule has 1 aromatic carbocycles. The minimum Gasteiger partial charge on any atom is -0.355 e. The van der Waals surface area contributed by atoms with Crippen LogP contribution < -0.4 is 10.6 Å². The van der Waals surface area contributed by atoms with E-state index in [2.05, 4.69) is 15.6 Å². The zero-order chi connectivity index (χ0) is 18.4. The number of guanidine groups is 1. The first-order valence-corrected chi connectivity index (χ1v) is 9.21. The number of carbonyl (C=O) groups excluding carboxylic acids is 1. The van der Waals surface area contributed by atoms with Crippen molar-refractivity contribution in [2.24, 2.45) is 10.4 Å². The van der Waals surface area contributed by atoms with Crippen LogP contribution in [-0.2, 0) is 4.79 Å². The van der Waals surface area contributed by atoms with E-state index in [-0.39, 0.29) is 41.3 Å². The summed E-state index contributed by atoms with van der Waals surface area (Å²) in [6.45, 7) is 2.64. The summed E-state index contributed by atoms with van der Waals surface area (Å²) in [6, 6.07) is 7.79. The number of halogens is 2. The molecule has 0 bridgehead atoms. The van der Waals surface area contributed by atoms with Crippen molar-refractivity contribution in [1.82, 2.24) is 15.5 Å². The molecule has 2 N–H and O–H groups in total. The topological polar surface area (TPSA) is 56.7 Å². The summed E-state index contributed by atoms with van der Waals surface area (Å²) < 4.78 is 0. The molecule has 146 valence electrons. The second-order valence-electron chi connectivity index (χ2n) is 7.00. The normalized spacial score (nSPS) is 17.2. The molecule has 1 aromatic rings. The molecule has 0 aliphatic heterocycles. The third kappa shape index (κ3) is 5.49. The molecule has 1 unspecified atom stereocenters. The molecule has 0 heterocycles. The number of hydrogen-bond donors (Lipinski definition) is 2. The molecule has 1 atom stereocenters. The first-order chi connectivity index (χ1) is 11.9. The molecule has 0 spiro atoms. The highest BCUT2D eigenvalue weighted by atomic mass is 127. The quantitative estimate of drug-likeness (QED) is 0.373. The third-order valence-electron chi connectivity index (χ3n) is 4.96. The van der Waals surface area contributed by atoms with Crippen LogP contribution >= 0.6 is 35.6 Å². The van der Waals surface area contributed by atoms with Gasteiger partial charge in [-0.05, 0) is 31.4 Å². The Bertz CT molecular complexity index is 630. The largest absolute Gasteiger partial charge is 0.355 e. The van der Waals surface area contributed by atoms with Crippen molar-refractivity contribution in [1.29, 1.82) is 0 Å². The molecule has 2 rings (SSSR count). The Morgan fingerprint density at radius 2 is 1.92 bits per heavy atom. The highest BCUT2D eigenvalue weighted by molar-refractivity contribution is 14.0. The Balaban J connectivity index is 0.00000338. The molecule has 1 aliphatic rings. The molecule has 5 nitrogen and oxygen atoms in total. The SMILES string of the molecule is CN=C(NCC1(C(=O)N(C)C)CCCC1)NC(C)c1ccccc1Cl.I. The molecule has 0 radical (unpaired) electrons. The van der Waals surface area contributed by atoms with Crippen LogP contribution in [0.15, 0.2) is 29.3 Å². The van der Waals surface area contributed by atoms with Gasteiger partial charge in [-0.2, -0.15) is 0 Å². The Hall–Kier alpha value is -1.02. The zero-order valence-corrected chi connectivity index (χ0v) is 19.1. The fourth-order valence-corrected chi connectivity index (χ4v) is 3.85. The molecule has 7 heteroatoms. The highest BCUT2D eigenvalue weighted by Gasteiger charge is 2.42. The number of nitrogens with one attached hydrogen (secondary N) is 2. The van der Waals surface area contributed by atoms with Crippen molar-refractivity contribution in [2.45, 2.75) is 38.6 Å². The maximum absolute atomic E-state index is 12.7. The average Bonchev–Trinajstić information content (AvgIpc) is 3.08. The fraction of sp³-hybridized carbons (Fsp3) is 0.579. The lowest BCUT2D eigenvalue weighted by Crippen LogP contribution is -2.49. The van der Waals surface area contributed by atoms with Gasteiger partial charge >= 0.3 is 0 Å². The van der Waals surface area contributed by atoms with Gasteiger partial charge in [0.05, 0.1) is 11.5 Å². The number of rotatable bonds is 5. The van der Waals surface area contributed by atoms with Crippen LogP contribution in [0.1, 0.15) is 44.2 Å². The minimum absolute atomic E-state index is 0. The molecule has 1 saturated carbocycles. The maximum atomic E-state index is 12.7. The van der Waals surface area contributed by atoms with Gasteiger partial charge in [0.1, 0.15) is 0 Å². The van der Waals surface area contributed by atoms with E-state index in [4.69, 9.17) is 11.6 Å². The number of hydrogen-bond acceptors (Lipinski definition) is 2. The van der Waals surface area contributed by atoms with E-state index in [0.29, 0.717) is 12.5 Å². The van der Waals surface area contributed by atoms with Crippen molar-refractivity contribution < 1.29 is 4.79 Å². The van der Waals surface area contributed by atoms with Gasteiger partial charge in [0.15, 0.2) is 5.96 Å². The van der Waals surface area contributed by atoms with Crippen LogP contribution in [0.2, 0.25) is 5.02 Å². The van der Waals surface area contributed by atoms with Gasteiger partial charge in [0.25, 0.3) is 0 Å². The first kappa shape index (κ1) is 23.0. The molecule has 1 fully saturated rings. The third-order valence-corrected chi connectivity index (χ3v) is 5.31. The van der Waals surface area contributed by atoms with Crippen LogP contribution in [0.3, 0.4) is 0 Å². The van der Waals surface area contributed by atoms with Crippen LogP contribution in [0.4, 0.5) is 0 Å². The summed E-state index contributed by atoms with van der Waals surface area (Å²) in [4.78, 5) is 18.7. The Labute approximate surface area is 179 Å². The highest BCUT2D eigenvalue weighted by Crippen LogP contribution is 2.38. The smallest absolute Gasteiger partial charge is 0.230 e. The van der Waals surface area contributed by atoms with Gasteiger partial charge in [0.2, 0.25) is 5.91 Å². The van der Waals surface area contributed by atoms with E-state index >= 15 is 0 Å². The summed E-state index contributed by atoms with van der Waals surface area (Å²) in [5, 5.41) is 7.45. The molecule has 1 aliphatic carbocycles. The number of aliphatic imine (C=N–C) groups is 1. The minimum atomic E-state index is -0.325. The lowest BCUT2D eigenvalue weighted by molar-refractivity contribution is -0.138. The predicted molar refractivity (Wildman–Crippen MR) is 119 cm³/mol. The van der Waals surface area contributed by atoms with Gasteiger partial charge in [0, 0.05) is 32.7 Å². The molecule has 1 amide bonds. The van der Waals surface area contributed by atoms with Gasteiger partial charge < -0.3 is 15.5 Å². The summed E-state index contributed by atoms with van der Waals surface area (Å²) in [5.74, 6) is 0.886. The number of carbonyl (C=O) groups is 1. The van der Waals surface area contributed by atoms with Crippen molar-refractivity contribution in [2.75, 3.05) is 27.7 Å². The summed E-state index contributed by atoms with van der Waals surface area (Å²) >= 11 is 6.27. The Kier molecular flexibility index (Phi) is 9.16. The molecular formula is C19H30ClIN4O. The summed E-state index contributed by atoms with van der Waals surface area (Å²) in [6.07, 6.45) is 4.05. The van der Waals surface area contributed by atoms with E-state index in [0.717, 1.165) is 36.3 Å². The lowest BCUT2D eigenvalue weighted by atomic mass is 9.84. The van der Waals surface area contributed by atoms with Crippen LogP contribution in [0.25, 0.3) is 0 Å². The van der Waals surface area contributed by atoms with Gasteiger partial charge in [-0.15, -0.1) is 24.0 Å². The molecular weight excluding hydrogens is 463 g/mol. The number of amides is 1. The van der Waals surface area contributed by atoms with Gasteiger partial charge in [-0.1, -0.05) is 42.6 Å². The summed E-state index contributed by atoms with van der Waals surface area (Å²) in [5.41, 5.74) is 0.696. The zero-order valence-electron chi connectivity index (χ0n) is 16.0. The van der Waals surface area contributed by atoms with E-state index in [1.165, 1.54) is 0 Å². The number of nitrogens with zero attached hydrogens (tertiary/aromatic N) is 2. The van der Waals surface area contributed by atoms with E-state index in [1.807, 2.05) is 45.3 Å². The number of benzene rings is 1. The van der Waals surface area contributed by atoms with Crippen LogP contribution in [0.5, 0.6) is 0 Å². The summed E-state index contributed by atoms with van der Waals surface area (Å²) in [7, 11) is 5.40. The standard InChI is InChI=1S/C19H29ClN4O.HI/c1-14(15-9-5-6-10-16(15)20)23-18(21-2)22-13-19(11-7-8-12-19)17(25)24(3)4;/h5-6,9-10,14H,7-8,11-13H2,1-4H3,(H2,21,22,23);1H. The van der Waals surface area contributed by atoms with Crippen molar-refractivity contribution in [3.63, 3.8) is 0 Å². The second kappa shape index (κ2) is 10.3. The molecule has 26 heavy (non-hydrogen) atoms. The fourth-order valence-electron chi connectivity index (χ4n) is 3.55. The second-order valence-corrected chi connectivity index (χ2v) is 7.41. The van der Waals surface area contributed by atoms with Gasteiger partial charge in [-0.25, -0.2) is 0 Å². The van der Waals surface area contributed by atoms with E-state index in [9.17, 15) is 4.79 Å². The average molecular weight is 493 g/mol. The Morgan fingerprint density at radius 3 is 2.46 bits per heavy atom. The van der Waals surface area contributed by atoms with Crippen molar-refractivity contribution >= 4 is 47.4 Å². The van der Waals surface area contributed by atoms with Crippen LogP contribution in [0, 0.1) is 5.41 Å². The predicted octanol–water partition coefficient (Wildman–Crippen LogP) is 3.83. The monoisotopic (exact) mass is 492 g/mol. The lowest BCUT2D eigenvalue weighted by Gasteiger charge is -2.31. The molecule has 0 saturated heterocycles. The molecule has 0 aromatic heterocycles.